The summed E-state index contributed by atoms with van der Waals surface area (Å²) in [6.07, 6.45) is 0. The largest absolute Gasteiger partial charge is 0.460 e. The van der Waals surface area contributed by atoms with Gasteiger partial charge in [0, 0.05) is 5.39 Å². The summed E-state index contributed by atoms with van der Waals surface area (Å²) in [5.74, 6) is 0.539. The number of rotatable bonds is 0. The highest BCUT2D eigenvalue weighted by atomic mass is 127. The van der Waals surface area contributed by atoms with Gasteiger partial charge in [0.2, 0.25) is 0 Å². The Hall–Kier alpha value is -0.100. The van der Waals surface area contributed by atoms with Crippen LogP contribution in [0.3, 0.4) is 0 Å². The molecule has 0 saturated carbocycles. The van der Waals surface area contributed by atoms with Gasteiger partial charge in [0.25, 0.3) is 0 Å². The second kappa shape index (κ2) is 3.24. The van der Waals surface area contributed by atoms with Crippen molar-refractivity contribution in [3.8, 4) is 0 Å². The zero-order chi connectivity index (χ0) is 9.59. The second-order valence-corrected chi connectivity index (χ2v) is 4.71. The molecule has 1 aromatic heterocycles. The maximum absolute atomic E-state index is 13.2. The summed E-state index contributed by atoms with van der Waals surface area (Å²) in [5, 5.41) is 0.793. The molecule has 0 spiro atoms. The summed E-state index contributed by atoms with van der Waals surface area (Å²) in [5.41, 5.74) is 0.742. The molecule has 0 fully saturated rings. The van der Waals surface area contributed by atoms with Gasteiger partial charge in [-0.05, 0) is 57.6 Å². The van der Waals surface area contributed by atoms with Crippen molar-refractivity contribution < 1.29 is 8.81 Å². The van der Waals surface area contributed by atoms with E-state index in [1.54, 1.807) is 0 Å². The van der Waals surface area contributed by atoms with Crippen LogP contribution < -0.4 is 0 Å². The molecule has 2 rings (SSSR count). The average Bonchev–Trinajstić information content (AvgIpc) is 2.44. The van der Waals surface area contributed by atoms with Crippen molar-refractivity contribution in [2.24, 2.45) is 0 Å². The SMILES string of the molecule is Cc1cc2c(Br)c(F)cc(I)c2o1. The molecule has 0 radical (unpaired) electrons. The Morgan fingerprint density at radius 1 is 1.46 bits per heavy atom. The van der Waals surface area contributed by atoms with Crippen molar-refractivity contribution in [1.29, 1.82) is 0 Å². The first-order valence-corrected chi connectivity index (χ1v) is 5.50. The average molecular weight is 355 g/mol. The van der Waals surface area contributed by atoms with Crippen LogP contribution in [0.4, 0.5) is 4.39 Å². The van der Waals surface area contributed by atoms with Gasteiger partial charge < -0.3 is 4.42 Å². The second-order valence-electron chi connectivity index (χ2n) is 2.75. The zero-order valence-electron chi connectivity index (χ0n) is 6.70. The molecular formula is C9H5BrFIO. The molecule has 2 aromatic rings. The highest BCUT2D eigenvalue weighted by Gasteiger charge is 2.12. The van der Waals surface area contributed by atoms with E-state index in [4.69, 9.17) is 4.42 Å². The topological polar surface area (TPSA) is 13.1 Å². The minimum absolute atomic E-state index is 0.252. The minimum atomic E-state index is -0.252. The normalized spacial score (nSPS) is 11.1. The predicted octanol–water partition coefficient (Wildman–Crippen LogP) is 4.25. The number of benzene rings is 1. The van der Waals surface area contributed by atoms with Gasteiger partial charge in [-0.25, -0.2) is 4.39 Å². The number of aryl methyl sites for hydroxylation is 1. The third-order valence-electron chi connectivity index (χ3n) is 1.77. The van der Waals surface area contributed by atoms with E-state index < -0.39 is 0 Å². The van der Waals surface area contributed by atoms with Crippen LogP contribution in [0.25, 0.3) is 11.0 Å². The van der Waals surface area contributed by atoms with Crippen LogP contribution in [-0.4, -0.2) is 0 Å². The Morgan fingerprint density at radius 2 is 2.15 bits per heavy atom. The molecule has 0 unspecified atom stereocenters. The summed E-state index contributed by atoms with van der Waals surface area (Å²) in [6.45, 7) is 1.85. The Balaban J connectivity index is 2.95. The van der Waals surface area contributed by atoms with Crippen molar-refractivity contribution in [2.45, 2.75) is 6.92 Å². The van der Waals surface area contributed by atoms with E-state index in [1.807, 2.05) is 13.0 Å². The smallest absolute Gasteiger partial charge is 0.148 e. The molecule has 4 heteroatoms. The highest BCUT2D eigenvalue weighted by molar-refractivity contribution is 14.1. The molecule has 0 saturated heterocycles. The molecule has 0 atom stereocenters. The Morgan fingerprint density at radius 3 is 2.85 bits per heavy atom. The van der Waals surface area contributed by atoms with E-state index in [2.05, 4.69) is 38.5 Å². The van der Waals surface area contributed by atoms with Gasteiger partial charge in [0.05, 0.1) is 8.04 Å². The molecule has 1 aromatic carbocycles. The number of halogens is 3. The van der Waals surface area contributed by atoms with Crippen molar-refractivity contribution in [2.75, 3.05) is 0 Å². The first-order valence-electron chi connectivity index (χ1n) is 3.63. The molecule has 13 heavy (non-hydrogen) atoms. The van der Waals surface area contributed by atoms with E-state index in [1.165, 1.54) is 6.07 Å². The van der Waals surface area contributed by atoms with E-state index in [0.29, 0.717) is 4.47 Å². The number of fused-ring (bicyclic) bond motifs is 1. The van der Waals surface area contributed by atoms with Crippen LogP contribution in [0, 0.1) is 16.3 Å². The van der Waals surface area contributed by atoms with Gasteiger partial charge in [-0.1, -0.05) is 0 Å². The molecule has 1 nitrogen and oxygen atoms in total. The lowest BCUT2D eigenvalue weighted by Crippen LogP contribution is -1.80. The summed E-state index contributed by atoms with van der Waals surface area (Å²) in [6, 6.07) is 3.28. The molecule has 0 aliphatic carbocycles. The summed E-state index contributed by atoms with van der Waals surface area (Å²) in [7, 11) is 0. The lowest BCUT2D eigenvalue weighted by molar-refractivity contribution is 0.574. The van der Waals surface area contributed by atoms with Gasteiger partial charge in [0.15, 0.2) is 0 Å². The van der Waals surface area contributed by atoms with Gasteiger partial charge >= 0.3 is 0 Å². The summed E-state index contributed by atoms with van der Waals surface area (Å²) < 4.78 is 19.9. The zero-order valence-corrected chi connectivity index (χ0v) is 10.4. The number of hydrogen-bond donors (Lipinski definition) is 0. The van der Waals surface area contributed by atoms with Crippen LogP contribution in [0.15, 0.2) is 21.0 Å². The predicted molar refractivity (Wildman–Crippen MR) is 61.3 cm³/mol. The van der Waals surface area contributed by atoms with E-state index >= 15 is 0 Å². The molecule has 1 heterocycles. The lowest BCUT2D eigenvalue weighted by atomic mass is 10.2. The van der Waals surface area contributed by atoms with E-state index in [9.17, 15) is 4.39 Å². The molecule has 68 valence electrons. The summed E-state index contributed by atoms with van der Waals surface area (Å²) >= 11 is 5.25. The number of furan rings is 1. The minimum Gasteiger partial charge on any atom is -0.460 e. The van der Waals surface area contributed by atoms with Gasteiger partial charge in [-0.15, -0.1) is 0 Å². The molecule has 0 N–H and O–H groups in total. The molecule has 0 amide bonds. The molecular weight excluding hydrogens is 350 g/mol. The van der Waals surface area contributed by atoms with Crippen LogP contribution in [0.1, 0.15) is 5.76 Å². The highest BCUT2D eigenvalue weighted by Crippen LogP contribution is 2.32. The summed E-state index contributed by atoms with van der Waals surface area (Å²) in [4.78, 5) is 0. The van der Waals surface area contributed by atoms with Crippen molar-refractivity contribution >= 4 is 49.5 Å². The van der Waals surface area contributed by atoms with Crippen LogP contribution in [0.5, 0.6) is 0 Å². The molecule has 0 bridgehead atoms. The first kappa shape index (κ1) is 9.45. The fourth-order valence-corrected chi connectivity index (χ4v) is 2.31. The van der Waals surface area contributed by atoms with Gasteiger partial charge in [-0.3, -0.25) is 0 Å². The first-order chi connectivity index (χ1) is 6.09. The third kappa shape index (κ3) is 1.50. The lowest BCUT2D eigenvalue weighted by Gasteiger charge is -1.97. The van der Waals surface area contributed by atoms with E-state index in [-0.39, 0.29) is 5.82 Å². The molecule has 0 aliphatic heterocycles. The van der Waals surface area contributed by atoms with Crippen LogP contribution in [-0.2, 0) is 0 Å². The van der Waals surface area contributed by atoms with Gasteiger partial charge in [-0.2, -0.15) is 0 Å². The Bertz CT molecular complexity index is 478. The molecule has 0 aliphatic rings. The van der Waals surface area contributed by atoms with Crippen molar-refractivity contribution in [3.05, 3.63) is 31.8 Å². The van der Waals surface area contributed by atoms with Crippen molar-refractivity contribution in [3.63, 3.8) is 0 Å². The Labute approximate surface area is 96.6 Å². The standard InChI is InChI=1S/C9H5BrFIO/c1-4-2-5-8(10)6(11)3-7(12)9(5)13-4/h2-3H,1H3. The van der Waals surface area contributed by atoms with Gasteiger partial charge in [0.1, 0.15) is 17.2 Å². The Kier molecular flexibility index (Phi) is 2.35. The number of hydrogen-bond acceptors (Lipinski definition) is 1. The van der Waals surface area contributed by atoms with Crippen LogP contribution >= 0.6 is 38.5 Å². The van der Waals surface area contributed by atoms with Crippen molar-refractivity contribution in [1.82, 2.24) is 0 Å². The third-order valence-corrected chi connectivity index (χ3v) is 3.38. The van der Waals surface area contributed by atoms with Crippen LogP contribution in [0.2, 0.25) is 0 Å². The van der Waals surface area contributed by atoms with E-state index in [0.717, 1.165) is 20.3 Å². The quantitative estimate of drug-likeness (QED) is 0.509. The fourth-order valence-electron chi connectivity index (χ4n) is 1.22. The fraction of sp³-hybridized carbons (Fsp3) is 0.111. The monoisotopic (exact) mass is 354 g/mol. The maximum Gasteiger partial charge on any atom is 0.148 e. The maximum atomic E-state index is 13.2.